The van der Waals surface area contributed by atoms with E-state index < -0.39 is 0 Å². The topological polar surface area (TPSA) is 82.5 Å². The summed E-state index contributed by atoms with van der Waals surface area (Å²) in [6.45, 7) is 22.6. The lowest BCUT2D eigenvalue weighted by Gasteiger charge is -2.43. The molecule has 1 unspecified atom stereocenters. The Balaban J connectivity index is 0.00000127. The lowest BCUT2D eigenvalue weighted by atomic mass is 10.0. The largest absolute Gasteiger partial charge is 0.491 e. The molecule has 2 saturated heterocycles. The molecule has 1 atom stereocenters. The Morgan fingerprint density at radius 3 is 2.71 bits per heavy atom. The zero-order chi connectivity index (χ0) is 27.5. The van der Waals surface area contributed by atoms with E-state index >= 15 is 0 Å². The van der Waals surface area contributed by atoms with Gasteiger partial charge in [0.05, 0.1) is 24.5 Å². The van der Waals surface area contributed by atoms with E-state index in [2.05, 4.69) is 58.3 Å². The minimum Gasteiger partial charge on any atom is -0.491 e. The van der Waals surface area contributed by atoms with Crippen LogP contribution >= 0.6 is 0 Å². The Labute approximate surface area is 227 Å². The number of hydrogen-bond acceptors (Lipinski definition) is 8. The molecule has 4 heterocycles. The van der Waals surface area contributed by atoms with Gasteiger partial charge in [-0.15, -0.1) is 6.58 Å². The molecule has 0 saturated carbocycles. The van der Waals surface area contributed by atoms with Crippen LogP contribution in [-0.4, -0.2) is 86.4 Å². The molecule has 0 bridgehead atoms. The number of carbonyl (C=O) groups is 1. The van der Waals surface area contributed by atoms with Gasteiger partial charge in [-0.2, -0.15) is 0 Å². The number of likely N-dealkylation sites (tertiary alicyclic amines) is 1. The molecule has 1 aromatic heterocycles. The first kappa shape index (κ1) is 29.4. The Kier molecular flexibility index (Phi) is 11.4. The number of pyridine rings is 1. The van der Waals surface area contributed by atoms with Gasteiger partial charge in [-0.05, 0) is 58.1 Å². The molecule has 2 fully saturated rings. The van der Waals surface area contributed by atoms with E-state index in [1.54, 1.807) is 6.08 Å². The molecular weight excluding hydrogens is 480 g/mol. The fourth-order valence-electron chi connectivity index (χ4n) is 4.85. The molecule has 3 aliphatic heterocycles. The Morgan fingerprint density at radius 1 is 1.37 bits per heavy atom. The fraction of sp³-hybridized carbons (Fsp3) is 0.552. The van der Waals surface area contributed by atoms with Gasteiger partial charge in [0.2, 0.25) is 6.41 Å². The second kappa shape index (κ2) is 14.7. The Morgan fingerprint density at radius 2 is 2.08 bits per heavy atom. The molecule has 1 amide bonds. The number of anilines is 2. The number of ether oxygens (including phenoxy) is 2. The predicted octanol–water partition coefficient (Wildman–Crippen LogP) is 4.06. The third kappa shape index (κ3) is 7.45. The monoisotopic (exact) mass is 524 g/mol. The zero-order valence-electron chi connectivity index (χ0n) is 23.5. The van der Waals surface area contributed by atoms with Crippen LogP contribution in [0.3, 0.4) is 0 Å². The highest BCUT2D eigenvalue weighted by Crippen LogP contribution is 2.32. The van der Waals surface area contributed by atoms with Crippen molar-refractivity contribution in [3.05, 3.63) is 53.7 Å². The van der Waals surface area contributed by atoms with Crippen LogP contribution in [0.2, 0.25) is 0 Å². The van der Waals surface area contributed by atoms with Crippen LogP contribution < -0.4 is 10.2 Å². The number of nitrogens with one attached hydrogen (secondary N) is 1. The first-order valence-corrected chi connectivity index (χ1v) is 13.6. The highest BCUT2D eigenvalue weighted by molar-refractivity contribution is 5.66. The summed E-state index contributed by atoms with van der Waals surface area (Å²) in [5.74, 6) is 1.85. The van der Waals surface area contributed by atoms with Crippen LogP contribution in [0.1, 0.15) is 39.7 Å². The summed E-state index contributed by atoms with van der Waals surface area (Å²) < 4.78 is 11.7. The van der Waals surface area contributed by atoms with Gasteiger partial charge in [-0.3, -0.25) is 14.7 Å². The first-order valence-electron chi connectivity index (χ1n) is 13.6. The van der Waals surface area contributed by atoms with Crippen molar-refractivity contribution in [2.24, 2.45) is 10.9 Å². The number of fused-ring (bicyclic) bond motifs is 1. The smallest absolute Gasteiger partial charge is 0.209 e. The van der Waals surface area contributed by atoms with Crippen molar-refractivity contribution in [2.75, 3.05) is 62.7 Å². The summed E-state index contributed by atoms with van der Waals surface area (Å²) in [4.78, 5) is 26.5. The van der Waals surface area contributed by atoms with E-state index in [9.17, 15) is 4.79 Å². The summed E-state index contributed by atoms with van der Waals surface area (Å²) >= 11 is 0. The van der Waals surface area contributed by atoms with Crippen LogP contribution in [0.15, 0.2) is 53.1 Å². The van der Waals surface area contributed by atoms with E-state index in [0.717, 1.165) is 99.5 Å². The maximum Gasteiger partial charge on any atom is 0.209 e. The van der Waals surface area contributed by atoms with Gasteiger partial charge in [0.25, 0.3) is 0 Å². The molecular formula is C29H44N6O3. The van der Waals surface area contributed by atoms with Crippen molar-refractivity contribution in [2.45, 2.75) is 46.8 Å². The van der Waals surface area contributed by atoms with Gasteiger partial charge < -0.3 is 24.6 Å². The molecule has 0 aromatic carbocycles. The summed E-state index contributed by atoms with van der Waals surface area (Å²) in [7, 11) is 0. The second-order valence-corrected chi connectivity index (χ2v) is 9.81. The maximum atomic E-state index is 10.9. The van der Waals surface area contributed by atoms with Gasteiger partial charge in [0.1, 0.15) is 18.2 Å². The molecule has 4 rings (SSSR count). The van der Waals surface area contributed by atoms with Crippen molar-refractivity contribution in [3.63, 3.8) is 0 Å². The van der Waals surface area contributed by atoms with Crippen LogP contribution in [-0.2, 0) is 20.9 Å². The van der Waals surface area contributed by atoms with Gasteiger partial charge in [-0.25, -0.2) is 4.98 Å². The first-order chi connectivity index (χ1) is 18.4. The van der Waals surface area contributed by atoms with Gasteiger partial charge in [0, 0.05) is 49.8 Å². The van der Waals surface area contributed by atoms with E-state index in [1.807, 2.05) is 31.0 Å². The molecule has 9 heteroatoms. The molecule has 9 nitrogen and oxygen atoms in total. The van der Waals surface area contributed by atoms with Crippen molar-refractivity contribution in [1.29, 1.82) is 0 Å². The molecule has 1 aromatic rings. The molecule has 0 radical (unpaired) electrons. The fourth-order valence-corrected chi connectivity index (χ4v) is 4.85. The number of likely N-dealkylation sites (N-methyl/N-ethyl adjacent to an activating group) is 1. The third-order valence-electron chi connectivity index (χ3n) is 7.24. The average Bonchev–Trinajstić information content (AvgIpc) is 3.07. The second-order valence-electron chi connectivity index (χ2n) is 9.81. The molecule has 38 heavy (non-hydrogen) atoms. The summed E-state index contributed by atoms with van der Waals surface area (Å²) in [6.07, 6.45) is 7.53. The number of rotatable bonds is 10. The number of nitrogens with zero attached hydrogens (tertiary/aromatic N) is 5. The standard InChI is InChI=1S/C26H38N6O3.C3H6/c1-5-31(21-15-30(16-21)18-33)9-7-19(2)23(27-4)14-24-20(3)35-17-22-25(6-8-28-26(22)29-24)32-10-12-34-13-11-32;1-3-2/h6,8,14,18-19,21H,4-5,7,9-13,15-17H2,1-3H3,(H,28,29);3H,1H2,2H3/b23-14-;. The van der Waals surface area contributed by atoms with Crippen molar-refractivity contribution in [3.8, 4) is 0 Å². The summed E-state index contributed by atoms with van der Waals surface area (Å²) in [6, 6.07) is 2.51. The number of aromatic nitrogens is 1. The number of carbonyl (C=O) groups excluding carboxylic acids is 1. The molecule has 0 spiro atoms. The van der Waals surface area contributed by atoms with E-state index in [-0.39, 0.29) is 5.92 Å². The van der Waals surface area contributed by atoms with Crippen LogP contribution in [0, 0.1) is 5.92 Å². The van der Waals surface area contributed by atoms with Crippen molar-refractivity contribution >= 4 is 24.6 Å². The van der Waals surface area contributed by atoms with Crippen molar-refractivity contribution < 1.29 is 14.3 Å². The molecule has 208 valence electrons. The Bertz CT molecular complexity index is 1010. The quantitative estimate of drug-likeness (QED) is 0.281. The molecule has 1 N–H and O–H groups in total. The summed E-state index contributed by atoms with van der Waals surface area (Å²) in [5, 5.41) is 3.50. The van der Waals surface area contributed by atoms with Gasteiger partial charge in [-0.1, -0.05) is 19.9 Å². The lowest BCUT2D eigenvalue weighted by molar-refractivity contribution is -0.124. The van der Waals surface area contributed by atoms with E-state index in [1.165, 1.54) is 0 Å². The number of morpholine rings is 1. The number of aliphatic imine (C=N–C) groups is 1. The maximum absolute atomic E-state index is 10.9. The number of amides is 1. The Hall–Kier alpha value is -3.17. The molecule has 0 aliphatic carbocycles. The number of hydrogen-bond donors (Lipinski definition) is 1. The molecule has 3 aliphatic rings. The van der Waals surface area contributed by atoms with Gasteiger partial charge >= 0.3 is 0 Å². The lowest BCUT2D eigenvalue weighted by Crippen LogP contribution is -2.58. The normalized spacial score (nSPS) is 18.7. The van der Waals surface area contributed by atoms with Crippen LogP contribution in [0.4, 0.5) is 11.5 Å². The SMILES string of the molecule is C=CC.C=N/C(=C\C1=C(C)OCc2c(N3CCOCC3)ccnc2N1)C(C)CCN(CC)C1CN(C=O)C1. The van der Waals surface area contributed by atoms with Crippen LogP contribution in [0.5, 0.6) is 0 Å². The van der Waals surface area contributed by atoms with Crippen molar-refractivity contribution in [1.82, 2.24) is 14.8 Å². The average molecular weight is 525 g/mol. The predicted molar refractivity (Wildman–Crippen MR) is 154 cm³/mol. The minimum absolute atomic E-state index is 0.223. The summed E-state index contributed by atoms with van der Waals surface area (Å²) in [5.41, 5.74) is 3.98. The highest BCUT2D eigenvalue weighted by Gasteiger charge is 2.30. The van der Waals surface area contributed by atoms with E-state index in [4.69, 9.17) is 9.47 Å². The zero-order valence-corrected chi connectivity index (χ0v) is 23.5. The number of allylic oxidation sites excluding steroid dienone is 4. The minimum atomic E-state index is 0.223. The third-order valence-corrected chi connectivity index (χ3v) is 7.24. The highest BCUT2D eigenvalue weighted by atomic mass is 16.5. The van der Waals surface area contributed by atoms with Crippen LogP contribution in [0.25, 0.3) is 0 Å². The van der Waals surface area contributed by atoms with E-state index in [0.29, 0.717) is 12.6 Å². The van der Waals surface area contributed by atoms with Gasteiger partial charge in [0.15, 0.2) is 0 Å².